The van der Waals surface area contributed by atoms with Crippen molar-refractivity contribution >= 4 is 5.91 Å². The molecule has 0 aromatic heterocycles. The van der Waals surface area contributed by atoms with Gasteiger partial charge in [0.1, 0.15) is 0 Å². The molecule has 3 N–H and O–H groups in total. The maximum atomic E-state index is 11.5. The first-order valence-corrected chi connectivity index (χ1v) is 6.41. The molecule has 1 rings (SSSR count). The highest BCUT2D eigenvalue weighted by Gasteiger charge is 2.22. The Morgan fingerprint density at radius 3 is 2.56 bits per heavy atom. The number of aryl methyl sites for hydroxylation is 2. The normalized spacial score (nSPS) is 11.4. The van der Waals surface area contributed by atoms with Crippen LogP contribution in [0.25, 0.3) is 0 Å². The molecule has 0 unspecified atom stereocenters. The highest BCUT2D eigenvalue weighted by molar-refractivity contribution is 5.76. The summed E-state index contributed by atoms with van der Waals surface area (Å²) in [5.41, 5.74) is 9.11. The van der Waals surface area contributed by atoms with Crippen molar-refractivity contribution in [1.29, 1.82) is 0 Å². The number of hydrogen-bond acceptors (Lipinski definition) is 2. The molecule has 0 spiro atoms. The van der Waals surface area contributed by atoms with Crippen molar-refractivity contribution < 1.29 is 4.79 Å². The molecule has 0 radical (unpaired) electrons. The fourth-order valence-corrected chi connectivity index (χ4v) is 2.21. The molecule has 1 aromatic carbocycles. The second kappa shape index (κ2) is 6.01. The lowest BCUT2D eigenvalue weighted by Crippen LogP contribution is -2.37. The molecule has 3 nitrogen and oxygen atoms in total. The van der Waals surface area contributed by atoms with E-state index < -0.39 is 0 Å². The number of hydrogen-bond donors (Lipinski definition) is 2. The first-order valence-electron chi connectivity index (χ1n) is 6.41. The predicted molar refractivity (Wildman–Crippen MR) is 75.6 cm³/mol. The lowest BCUT2D eigenvalue weighted by molar-refractivity contribution is -0.121. The van der Waals surface area contributed by atoms with Crippen molar-refractivity contribution in [2.75, 3.05) is 13.1 Å². The number of carbonyl (C=O) groups is 1. The highest BCUT2D eigenvalue weighted by atomic mass is 16.1. The van der Waals surface area contributed by atoms with Gasteiger partial charge in [0.2, 0.25) is 5.91 Å². The molecule has 0 aliphatic rings. The first kappa shape index (κ1) is 14.7. The fraction of sp³-hybridized carbons (Fsp3) is 0.533. The van der Waals surface area contributed by atoms with Crippen LogP contribution in [0.1, 0.15) is 37.0 Å². The van der Waals surface area contributed by atoms with Crippen LogP contribution in [0.3, 0.4) is 0 Å². The Bertz CT molecular complexity index is 425. The Balaban J connectivity index is 2.76. The summed E-state index contributed by atoms with van der Waals surface area (Å²) in [6, 6.07) is 6.45. The Morgan fingerprint density at radius 2 is 2.00 bits per heavy atom. The van der Waals surface area contributed by atoms with Crippen LogP contribution < -0.4 is 11.1 Å². The predicted octanol–water partition coefficient (Wildman–Crippen LogP) is 2.05. The van der Waals surface area contributed by atoms with Crippen LogP contribution in [0, 0.1) is 13.8 Å². The molecule has 0 bridgehead atoms. The third kappa shape index (κ3) is 3.84. The first-order chi connectivity index (χ1) is 8.36. The van der Waals surface area contributed by atoms with Crippen molar-refractivity contribution in [3.8, 4) is 0 Å². The van der Waals surface area contributed by atoms with Crippen molar-refractivity contribution in [2.24, 2.45) is 5.73 Å². The van der Waals surface area contributed by atoms with Gasteiger partial charge in [-0.05, 0) is 25.0 Å². The molecular weight excluding hydrogens is 224 g/mol. The Labute approximate surface area is 110 Å². The van der Waals surface area contributed by atoms with Crippen LogP contribution in [0.15, 0.2) is 18.2 Å². The van der Waals surface area contributed by atoms with Crippen LogP contribution in [0.2, 0.25) is 0 Å². The van der Waals surface area contributed by atoms with Gasteiger partial charge >= 0.3 is 0 Å². The summed E-state index contributed by atoms with van der Waals surface area (Å²) in [7, 11) is 0. The molecule has 0 fully saturated rings. The monoisotopic (exact) mass is 248 g/mol. The summed E-state index contributed by atoms with van der Waals surface area (Å²) < 4.78 is 0. The summed E-state index contributed by atoms with van der Waals surface area (Å²) in [6.07, 6.45) is 0.392. The van der Waals surface area contributed by atoms with E-state index in [1.165, 1.54) is 16.7 Å². The van der Waals surface area contributed by atoms with Gasteiger partial charge in [-0.2, -0.15) is 0 Å². The van der Waals surface area contributed by atoms with E-state index in [9.17, 15) is 4.79 Å². The van der Waals surface area contributed by atoms with E-state index in [4.69, 9.17) is 5.73 Å². The zero-order chi connectivity index (χ0) is 13.8. The van der Waals surface area contributed by atoms with Crippen LogP contribution >= 0.6 is 0 Å². The number of nitrogens with two attached hydrogens (primary N) is 1. The Kier molecular flexibility index (Phi) is 4.91. The largest absolute Gasteiger partial charge is 0.355 e. The maximum Gasteiger partial charge on any atom is 0.221 e. The lowest BCUT2D eigenvalue weighted by atomic mass is 9.81. The van der Waals surface area contributed by atoms with Gasteiger partial charge in [0.15, 0.2) is 0 Å². The van der Waals surface area contributed by atoms with Gasteiger partial charge in [-0.3, -0.25) is 4.79 Å². The smallest absolute Gasteiger partial charge is 0.221 e. The van der Waals surface area contributed by atoms with Crippen LogP contribution in [0.5, 0.6) is 0 Å². The summed E-state index contributed by atoms with van der Waals surface area (Å²) in [6.45, 7) is 9.53. The summed E-state index contributed by atoms with van der Waals surface area (Å²) in [5.74, 6) is 0.0235. The quantitative estimate of drug-likeness (QED) is 0.838. The standard InChI is InChI=1S/C15H24N2O/c1-11-5-6-13(12(2)9-11)15(3,4)10-17-14(18)7-8-16/h5-6,9H,7-8,10,16H2,1-4H3,(H,17,18). The third-order valence-corrected chi connectivity index (χ3v) is 3.21. The molecule has 100 valence electrons. The average molecular weight is 248 g/mol. The Morgan fingerprint density at radius 1 is 1.33 bits per heavy atom. The summed E-state index contributed by atoms with van der Waals surface area (Å²) in [5, 5.41) is 2.95. The molecule has 0 saturated heterocycles. The van der Waals surface area contributed by atoms with E-state index in [2.05, 4.69) is 51.2 Å². The van der Waals surface area contributed by atoms with Gasteiger partial charge in [0.25, 0.3) is 0 Å². The van der Waals surface area contributed by atoms with Crippen molar-refractivity contribution in [2.45, 2.75) is 39.5 Å². The minimum absolute atomic E-state index is 0.0235. The molecule has 1 aromatic rings. The molecular formula is C15H24N2O. The molecule has 3 heteroatoms. The van der Waals surface area contributed by atoms with Crippen molar-refractivity contribution in [1.82, 2.24) is 5.32 Å². The third-order valence-electron chi connectivity index (χ3n) is 3.21. The second-order valence-electron chi connectivity index (χ2n) is 5.52. The van der Waals surface area contributed by atoms with Crippen molar-refractivity contribution in [3.63, 3.8) is 0 Å². The molecule has 0 atom stereocenters. The van der Waals surface area contributed by atoms with Crippen LogP contribution in [0.4, 0.5) is 0 Å². The van der Waals surface area contributed by atoms with Gasteiger partial charge in [-0.15, -0.1) is 0 Å². The van der Waals surface area contributed by atoms with Crippen LogP contribution in [-0.4, -0.2) is 19.0 Å². The number of rotatable bonds is 5. The summed E-state index contributed by atoms with van der Waals surface area (Å²) >= 11 is 0. The Hall–Kier alpha value is -1.35. The van der Waals surface area contributed by atoms with Crippen LogP contribution in [-0.2, 0) is 10.2 Å². The molecule has 0 heterocycles. The molecule has 0 saturated carbocycles. The minimum atomic E-state index is -0.0674. The maximum absolute atomic E-state index is 11.5. The lowest BCUT2D eigenvalue weighted by Gasteiger charge is -2.27. The van der Waals surface area contributed by atoms with E-state index >= 15 is 0 Å². The molecule has 1 amide bonds. The van der Waals surface area contributed by atoms with Gasteiger partial charge < -0.3 is 11.1 Å². The average Bonchev–Trinajstić information content (AvgIpc) is 2.26. The zero-order valence-electron chi connectivity index (χ0n) is 11.8. The van der Waals surface area contributed by atoms with E-state index in [1.807, 2.05) is 0 Å². The molecule has 18 heavy (non-hydrogen) atoms. The van der Waals surface area contributed by atoms with Gasteiger partial charge in [0.05, 0.1) is 0 Å². The van der Waals surface area contributed by atoms with E-state index in [0.29, 0.717) is 19.5 Å². The number of nitrogens with one attached hydrogen (secondary N) is 1. The number of benzene rings is 1. The van der Waals surface area contributed by atoms with E-state index in [1.54, 1.807) is 0 Å². The fourth-order valence-electron chi connectivity index (χ4n) is 2.21. The SMILES string of the molecule is Cc1ccc(C(C)(C)CNC(=O)CCN)c(C)c1. The topological polar surface area (TPSA) is 55.1 Å². The summed E-state index contributed by atoms with van der Waals surface area (Å²) in [4.78, 5) is 11.5. The number of carbonyl (C=O) groups excluding carboxylic acids is 1. The van der Waals surface area contributed by atoms with Gasteiger partial charge in [-0.1, -0.05) is 37.6 Å². The second-order valence-corrected chi connectivity index (χ2v) is 5.52. The minimum Gasteiger partial charge on any atom is -0.355 e. The van der Waals surface area contributed by atoms with E-state index in [0.717, 1.165) is 0 Å². The highest BCUT2D eigenvalue weighted by Crippen LogP contribution is 2.26. The molecule has 0 aliphatic carbocycles. The van der Waals surface area contributed by atoms with E-state index in [-0.39, 0.29) is 11.3 Å². The van der Waals surface area contributed by atoms with Crippen molar-refractivity contribution in [3.05, 3.63) is 34.9 Å². The zero-order valence-corrected chi connectivity index (χ0v) is 11.8. The van der Waals surface area contributed by atoms with Gasteiger partial charge in [-0.25, -0.2) is 0 Å². The number of amides is 1. The molecule has 0 aliphatic heterocycles. The van der Waals surface area contributed by atoms with Gasteiger partial charge in [0, 0.05) is 24.9 Å².